The Morgan fingerprint density at radius 3 is 2.39 bits per heavy atom. The predicted molar refractivity (Wildman–Crippen MR) is 121 cm³/mol. The molecule has 0 fully saturated rings. The summed E-state index contributed by atoms with van der Waals surface area (Å²) >= 11 is 0. The quantitative estimate of drug-likeness (QED) is 0.641. The van der Waals surface area contributed by atoms with Crippen molar-refractivity contribution in [3.63, 3.8) is 0 Å². The van der Waals surface area contributed by atoms with Gasteiger partial charge in [0.2, 0.25) is 15.9 Å². The van der Waals surface area contributed by atoms with Gasteiger partial charge in [0.05, 0.1) is 16.3 Å². The molecule has 0 aromatic heterocycles. The molecule has 0 saturated heterocycles. The van der Waals surface area contributed by atoms with Gasteiger partial charge in [0.1, 0.15) is 0 Å². The van der Waals surface area contributed by atoms with E-state index in [0.717, 1.165) is 17.5 Å². The van der Waals surface area contributed by atoms with Crippen LogP contribution in [0, 0.1) is 0 Å². The number of amides is 1. The summed E-state index contributed by atoms with van der Waals surface area (Å²) < 4.78 is 50.3. The van der Waals surface area contributed by atoms with E-state index < -0.39 is 19.9 Å². The number of fused-ring (bicyclic) bond motifs is 1. The number of sulfonamides is 1. The average Bonchev–Trinajstić information content (AvgIpc) is 3.10. The van der Waals surface area contributed by atoms with Gasteiger partial charge in [0.15, 0.2) is 9.84 Å². The molecule has 1 heterocycles. The van der Waals surface area contributed by atoms with Crippen LogP contribution in [0.5, 0.6) is 0 Å². The van der Waals surface area contributed by atoms with E-state index in [1.165, 1.54) is 16.4 Å². The van der Waals surface area contributed by atoms with Crippen LogP contribution in [-0.4, -0.2) is 59.5 Å². The number of hydrogen-bond acceptors (Lipinski definition) is 6. The van der Waals surface area contributed by atoms with Gasteiger partial charge in [-0.1, -0.05) is 19.9 Å². The normalized spacial score (nSPS) is 14.0. The fourth-order valence-corrected chi connectivity index (χ4v) is 5.84. The third kappa shape index (κ3) is 5.08. The summed E-state index contributed by atoms with van der Waals surface area (Å²) in [6.07, 6.45) is 1.76. The van der Waals surface area contributed by atoms with E-state index in [4.69, 9.17) is 0 Å². The summed E-state index contributed by atoms with van der Waals surface area (Å²) in [7, 11) is -6.90. The van der Waals surface area contributed by atoms with Crippen LogP contribution in [0.2, 0.25) is 0 Å². The van der Waals surface area contributed by atoms with Gasteiger partial charge in [-0.3, -0.25) is 4.79 Å². The summed E-state index contributed by atoms with van der Waals surface area (Å²) in [6, 6.07) is 11.1. The third-order valence-electron chi connectivity index (χ3n) is 5.27. The Balaban J connectivity index is 1.73. The van der Waals surface area contributed by atoms with Crippen molar-refractivity contribution in [3.8, 4) is 0 Å². The van der Waals surface area contributed by atoms with E-state index in [1.54, 1.807) is 44.2 Å². The number of nitrogens with one attached hydrogen (secondary N) is 1. The van der Waals surface area contributed by atoms with Crippen molar-refractivity contribution in [1.29, 1.82) is 0 Å². The van der Waals surface area contributed by atoms with Crippen molar-refractivity contribution >= 4 is 37.1 Å². The summed E-state index contributed by atoms with van der Waals surface area (Å²) in [4.78, 5) is 14.8. The highest BCUT2D eigenvalue weighted by atomic mass is 32.2. The molecule has 0 unspecified atom stereocenters. The molecule has 1 aliphatic rings. The van der Waals surface area contributed by atoms with Gasteiger partial charge in [-0.25, -0.2) is 16.8 Å². The molecule has 0 radical (unpaired) electrons. The second-order valence-electron chi connectivity index (χ2n) is 7.40. The van der Waals surface area contributed by atoms with Gasteiger partial charge in [-0.15, -0.1) is 0 Å². The summed E-state index contributed by atoms with van der Waals surface area (Å²) in [5.41, 5.74) is 2.13. The summed E-state index contributed by atoms with van der Waals surface area (Å²) in [5.74, 6) is -0.279. The van der Waals surface area contributed by atoms with Gasteiger partial charge < -0.3 is 10.2 Å². The number of nitrogens with zero attached hydrogens (tertiary/aromatic N) is 2. The molecule has 0 atom stereocenters. The molecule has 2 aromatic rings. The predicted octanol–water partition coefficient (Wildman–Crippen LogP) is 2.12. The van der Waals surface area contributed by atoms with Gasteiger partial charge >= 0.3 is 0 Å². The Labute approximate surface area is 183 Å². The van der Waals surface area contributed by atoms with E-state index in [2.05, 4.69) is 5.32 Å². The Kier molecular flexibility index (Phi) is 6.73. The molecule has 0 aliphatic carbocycles. The maximum Gasteiger partial charge on any atom is 0.243 e. The molecule has 10 heteroatoms. The van der Waals surface area contributed by atoms with Crippen LogP contribution in [0.15, 0.2) is 52.3 Å². The number of hydrogen-bond donors (Lipinski definition) is 1. The van der Waals surface area contributed by atoms with Crippen LogP contribution in [0.3, 0.4) is 0 Å². The largest absolute Gasteiger partial charge is 0.362 e. The molecule has 8 nitrogen and oxygen atoms in total. The number of sulfone groups is 1. The SMILES string of the molecule is CCN(CC)S(=O)(=O)c1ccc2c(c1)CCN2CC(=O)Nc1cccc(S(C)(=O)=O)c1. The van der Waals surface area contributed by atoms with E-state index in [-0.39, 0.29) is 22.2 Å². The molecule has 1 amide bonds. The van der Waals surface area contributed by atoms with Gasteiger partial charge in [0.25, 0.3) is 0 Å². The zero-order valence-corrected chi connectivity index (χ0v) is 19.5. The number of anilines is 2. The topological polar surface area (TPSA) is 104 Å². The van der Waals surface area contributed by atoms with Crippen molar-refractivity contribution < 1.29 is 21.6 Å². The molecule has 0 saturated carbocycles. The number of benzene rings is 2. The highest BCUT2D eigenvalue weighted by Crippen LogP contribution is 2.31. The van der Waals surface area contributed by atoms with Crippen molar-refractivity contribution in [2.45, 2.75) is 30.1 Å². The van der Waals surface area contributed by atoms with Crippen LogP contribution in [0.25, 0.3) is 0 Å². The van der Waals surface area contributed by atoms with Crippen molar-refractivity contribution in [2.24, 2.45) is 0 Å². The van der Waals surface area contributed by atoms with Crippen LogP contribution in [0.1, 0.15) is 19.4 Å². The Hall–Kier alpha value is -2.43. The Morgan fingerprint density at radius 2 is 1.74 bits per heavy atom. The molecule has 2 aromatic carbocycles. The number of carbonyl (C=O) groups is 1. The molecule has 168 valence electrons. The minimum absolute atomic E-state index is 0.0816. The van der Waals surface area contributed by atoms with E-state index in [0.29, 0.717) is 31.7 Å². The summed E-state index contributed by atoms with van der Waals surface area (Å²) in [6.45, 7) is 5.10. The van der Waals surface area contributed by atoms with E-state index in [9.17, 15) is 21.6 Å². The molecule has 0 bridgehead atoms. The minimum atomic E-state index is -3.53. The van der Waals surface area contributed by atoms with E-state index in [1.807, 2.05) is 4.90 Å². The fraction of sp³-hybridized carbons (Fsp3) is 0.381. The summed E-state index contributed by atoms with van der Waals surface area (Å²) in [5, 5.41) is 2.73. The lowest BCUT2D eigenvalue weighted by Gasteiger charge is -2.21. The van der Waals surface area contributed by atoms with Crippen molar-refractivity contribution in [3.05, 3.63) is 48.0 Å². The maximum absolute atomic E-state index is 12.8. The molecule has 1 aliphatic heterocycles. The fourth-order valence-electron chi connectivity index (χ4n) is 3.66. The van der Waals surface area contributed by atoms with E-state index >= 15 is 0 Å². The molecule has 3 rings (SSSR count). The lowest BCUT2D eigenvalue weighted by atomic mass is 10.2. The first-order valence-electron chi connectivity index (χ1n) is 10.0. The smallest absolute Gasteiger partial charge is 0.243 e. The van der Waals surface area contributed by atoms with Crippen molar-refractivity contribution in [1.82, 2.24) is 4.31 Å². The average molecular weight is 466 g/mol. The molecular formula is C21H27N3O5S2. The third-order valence-corrected chi connectivity index (χ3v) is 8.42. The van der Waals surface area contributed by atoms with Crippen LogP contribution in [0.4, 0.5) is 11.4 Å². The lowest BCUT2D eigenvalue weighted by Crippen LogP contribution is -2.32. The lowest BCUT2D eigenvalue weighted by molar-refractivity contribution is -0.115. The standard InChI is InChI=1S/C21H27N3O5S2/c1-4-24(5-2)31(28,29)19-9-10-20-16(13-19)11-12-23(20)15-21(25)22-17-7-6-8-18(14-17)30(3,26)27/h6-10,13-14H,4-5,11-12,15H2,1-3H3,(H,22,25). The Morgan fingerprint density at radius 1 is 1.03 bits per heavy atom. The maximum atomic E-state index is 12.8. The van der Waals surface area contributed by atoms with Crippen molar-refractivity contribution in [2.75, 3.05) is 42.7 Å². The van der Waals surface area contributed by atoms with Crippen LogP contribution >= 0.6 is 0 Å². The first-order chi connectivity index (χ1) is 14.6. The zero-order chi connectivity index (χ0) is 22.8. The second kappa shape index (κ2) is 8.97. The van der Waals surface area contributed by atoms with Crippen LogP contribution < -0.4 is 10.2 Å². The molecule has 0 spiro atoms. The number of carbonyl (C=O) groups excluding carboxylic acids is 1. The minimum Gasteiger partial charge on any atom is -0.362 e. The van der Waals surface area contributed by atoms with Gasteiger partial charge in [-0.2, -0.15) is 4.31 Å². The zero-order valence-electron chi connectivity index (χ0n) is 17.8. The molecular weight excluding hydrogens is 438 g/mol. The highest BCUT2D eigenvalue weighted by molar-refractivity contribution is 7.90. The monoisotopic (exact) mass is 465 g/mol. The van der Waals surface area contributed by atoms with Gasteiger partial charge in [-0.05, 0) is 48.4 Å². The second-order valence-corrected chi connectivity index (χ2v) is 11.4. The molecule has 31 heavy (non-hydrogen) atoms. The first-order valence-corrected chi connectivity index (χ1v) is 13.4. The first kappa shape index (κ1) is 23.2. The molecule has 1 N–H and O–H groups in total. The highest BCUT2D eigenvalue weighted by Gasteiger charge is 2.26. The number of rotatable bonds is 8. The van der Waals surface area contributed by atoms with Gasteiger partial charge in [0, 0.05) is 37.3 Å². The Bertz CT molecular complexity index is 1190. The van der Waals surface area contributed by atoms with Crippen LogP contribution in [-0.2, 0) is 31.1 Å².